The van der Waals surface area contributed by atoms with Crippen molar-refractivity contribution < 1.29 is 0 Å². The lowest BCUT2D eigenvalue weighted by molar-refractivity contribution is 0.568. The van der Waals surface area contributed by atoms with Crippen molar-refractivity contribution in [2.24, 2.45) is 5.92 Å². The van der Waals surface area contributed by atoms with E-state index >= 15 is 0 Å². The van der Waals surface area contributed by atoms with Gasteiger partial charge in [-0.2, -0.15) is 5.10 Å². The predicted molar refractivity (Wildman–Crippen MR) is 53.6 cm³/mol. The van der Waals surface area contributed by atoms with Gasteiger partial charge in [0, 0.05) is 12.7 Å². The lowest BCUT2D eigenvalue weighted by Crippen LogP contribution is -2.23. The van der Waals surface area contributed by atoms with Crippen LogP contribution in [0.4, 0.5) is 5.82 Å². The largest absolute Gasteiger partial charge is 0.368 e. The minimum atomic E-state index is 0.590. The Balaban J connectivity index is 2.27. The van der Waals surface area contributed by atoms with Gasteiger partial charge in [-0.3, -0.25) is 0 Å². The summed E-state index contributed by atoms with van der Waals surface area (Å²) in [5.74, 6) is 1.43. The molecule has 2 N–H and O–H groups in total. The summed E-state index contributed by atoms with van der Waals surface area (Å²) in [5, 5.41) is 14.1. The number of anilines is 1. The van der Waals surface area contributed by atoms with E-state index in [1.165, 1.54) is 0 Å². The van der Waals surface area contributed by atoms with E-state index in [1.807, 2.05) is 19.2 Å². The van der Waals surface area contributed by atoms with Crippen molar-refractivity contribution in [3.63, 3.8) is 0 Å². The molecule has 4 nitrogen and oxygen atoms in total. The third-order valence-corrected chi connectivity index (χ3v) is 1.76. The Kier molecular flexibility index (Phi) is 4.18. The van der Waals surface area contributed by atoms with Crippen LogP contribution in [0.25, 0.3) is 0 Å². The minimum absolute atomic E-state index is 0.590. The van der Waals surface area contributed by atoms with Gasteiger partial charge in [0.05, 0.1) is 0 Å². The molecule has 1 aromatic rings. The van der Waals surface area contributed by atoms with Gasteiger partial charge in [-0.1, -0.05) is 6.92 Å². The quantitative estimate of drug-likeness (QED) is 0.702. The number of nitrogens with one attached hydrogen (secondary N) is 2. The van der Waals surface area contributed by atoms with Crippen molar-refractivity contribution in [3.05, 3.63) is 18.3 Å². The second-order valence-corrected chi connectivity index (χ2v) is 3.15. The summed E-state index contributed by atoms with van der Waals surface area (Å²) in [6.07, 6.45) is 1.67. The Bertz CT molecular complexity index is 224. The molecule has 0 amide bonds. The maximum absolute atomic E-state index is 3.93. The summed E-state index contributed by atoms with van der Waals surface area (Å²) in [6.45, 7) is 4.10. The number of rotatable bonds is 5. The summed E-state index contributed by atoms with van der Waals surface area (Å²) in [6, 6.07) is 3.79. The van der Waals surface area contributed by atoms with Crippen LogP contribution in [0.5, 0.6) is 0 Å². The average Bonchev–Trinajstić information content (AvgIpc) is 2.17. The summed E-state index contributed by atoms with van der Waals surface area (Å²) in [4.78, 5) is 0. The van der Waals surface area contributed by atoms with Gasteiger partial charge in [0.1, 0.15) is 5.82 Å². The monoisotopic (exact) mass is 180 g/mol. The van der Waals surface area contributed by atoms with Crippen molar-refractivity contribution in [3.8, 4) is 0 Å². The number of aromatic nitrogens is 2. The van der Waals surface area contributed by atoms with E-state index in [9.17, 15) is 0 Å². The molecule has 1 heterocycles. The molecule has 72 valence electrons. The molecule has 13 heavy (non-hydrogen) atoms. The fourth-order valence-electron chi connectivity index (χ4n) is 1.10. The molecule has 0 saturated heterocycles. The van der Waals surface area contributed by atoms with Gasteiger partial charge in [0.15, 0.2) is 0 Å². The van der Waals surface area contributed by atoms with Gasteiger partial charge in [-0.25, -0.2) is 0 Å². The van der Waals surface area contributed by atoms with E-state index in [0.717, 1.165) is 18.9 Å². The van der Waals surface area contributed by atoms with Gasteiger partial charge in [-0.05, 0) is 31.6 Å². The lowest BCUT2D eigenvalue weighted by atomic mass is 10.2. The van der Waals surface area contributed by atoms with Gasteiger partial charge in [0.2, 0.25) is 0 Å². The summed E-state index contributed by atoms with van der Waals surface area (Å²) in [5.41, 5.74) is 0. The summed E-state index contributed by atoms with van der Waals surface area (Å²) in [7, 11) is 1.96. The van der Waals surface area contributed by atoms with Gasteiger partial charge in [0.25, 0.3) is 0 Å². The molecule has 0 saturated carbocycles. The van der Waals surface area contributed by atoms with Crippen molar-refractivity contribution in [1.82, 2.24) is 15.5 Å². The smallest absolute Gasteiger partial charge is 0.148 e. The third-order valence-electron chi connectivity index (χ3n) is 1.76. The van der Waals surface area contributed by atoms with Crippen molar-refractivity contribution in [2.45, 2.75) is 6.92 Å². The maximum atomic E-state index is 3.93. The first-order valence-electron chi connectivity index (χ1n) is 4.49. The van der Waals surface area contributed by atoms with Crippen LogP contribution in [-0.4, -0.2) is 30.3 Å². The second kappa shape index (κ2) is 5.48. The van der Waals surface area contributed by atoms with Crippen LogP contribution in [0.2, 0.25) is 0 Å². The Labute approximate surface area is 78.8 Å². The molecule has 0 fully saturated rings. The van der Waals surface area contributed by atoms with Gasteiger partial charge >= 0.3 is 0 Å². The Morgan fingerprint density at radius 3 is 2.92 bits per heavy atom. The van der Waals surface area contributed by atoms with E-state index in [0.29, 0.717) is 5.92 Å². The fourth-order valence-corrected chi connectivity index (χ4v) is 1.10. The molecule has 4 heteroatoms. The van der Waals surface area contributed by atoms with Crippen molar-refractivity contribution >= 4 is 5.82 Å². The molecule has 0 spiro atoms. The molecule has 0 aliphatic carbocycles. The highest BCUT2D eigenvalue weighted by Crippen LogP contribution is 2.00. The Morgan fingerprint density at radius 2 is 2.31 bits per heavy atom. The summed E-state index contributed by atoms with van der Waals surface area (Å²) < 4.78 is 0. The highest BCUT2D eigenvalue weighted by Gasteiger charge is 1.99. The van der Waals surface area contributed by atoms with Crippen molar-refractivity contribution in [1.29, 1.82) is 0 Å². The van der Waals surface area contributed by atoms with Crippen LogP contribution < -0.4 is 10.6 Å². The Hall–Kier alpha value is -1.16. The zero-order chi connectivity index (χ0) is 9.52. The minimum Gasteiger partial charge on any atom is -0.368 e. The van der Waals surface area contributed by atoms with E-state index < -0.39 is 0 Å². The van der Waals surface area contributed by atoms with Gasteiger partial charge < -0.3 is 10.6 Å². The topological polar surface area (TPSA) is 49.8 Å². The van der Waals surface area contributed by atoms with Crippen LogP contribution in [0.15, 0.2) is 18.3 Å². The first-order chi connectivity index (χ1) is 6.33. The highest BCUT2D eigenvalue weighted by atomic mass is 15.2. The van der Waals surface area contributed by atoms with E-state index in [-0.39, 0.29) is 0 Å². The average molecular weight is 180 g/mol. The first-order valence-corrected chi connectivity index (χ1v) is 4.49. The molecule has 0 aliphatic rings. The molecule has 0 radical (unpaired) electrons. The molecule has 1 atom stereocenters. The van der Waals surface area contributed by atoms with Crippen LogP contribution in [0.1, 0.15) is 6.92 Å². The molecule has 0 aliphatic heterocycles. The molecule has 0 aromatic carbocycles. The Morgan fingerprint density at radius 1 is 1.46 bits per heavy atom. The molecular weight excluding hydrogens is 164 g/mol. The van der Waals surface area contributed by atoms with E-state index in [1.54, 1.807) is 6.20 Å². The number of nitrogens with zero attached hydrogens (tertiary/aromatic N) is 2. The standard InChI is InChI=1S/C9H16N4/c1-8(6-10-2)7-11-9-4-3-5-12-13-9/h3-5,8,10H,6-7H2,1-2H3,(H,11,13). The molecule has 1 rings (SSSR count). The van der Waals surface area contributed by atoms with Crippen LogP contribution in [-0.2, 0) is 0 Å². The van der Waals surface area contributed by atoms with Crippen molar-refractivity contribution in [2.75, 3.05) is 25.5 Å². The van der Waals surface area contributed by atoms with Crippen LogP contribution in [0.3, 0.4) is 0 Å². The SMILES string of the molecule is CNCC(C)CNc1cccnn1. The lowest BCUT2D eigenvalue weighted by Gasteiger charge is -2.11. The zero-order valence-corrected chi connectivity index (χ0v) is 8.12. The zero-order valence-electron chi connectivity index (χ0n) is 8.12. The molecule has 0 bridgehead atoms. The predicted octanol–water partition coefficient (Wildman–Crippen LogP) is 0.744. The van der Waals surface area contributed by atoms with Gasteiger partial charge in [-0.15, -0.1) is 5.10 Å². The molecule has 1 unspecified atom stereocenters. The van der Waals surface area contributed by atoms with E-state index in [2.05, 4.69) is 27.8 Å². The van der Waals surface area contributed by atoms with Crippen LogP contribution in [0, 0.1) is 5.92 Å². The second-order valence-electron chi connectivity index (χ2n) is 3.15. The molecular formula is C9H16N4. The third kappa shape index (κ3) is 3.85. The first kappa shape index (κ1) is 9.92. The molecule has 1 aromatic heterocycles. The van der Waals surface area contributed by atoms with E-state index in [4.69, 9.17) is 0 Å². The summed E-state index contributed by atoms with van der Waals surface area (Å²) >= 11 is 0. The maximum Gasteiger partial charge on any atom is 0.148 e. The normalized spacial score (nSPS) is 12.5. The highest BCUT2D eigenvalue weighted by molar-refractivity contribution is 5.31. The number of hydrogen-bond acceptors (Lipinski definition) is 4. The van der Waals surface area contributed by atoms with Crippen LogP contribution >= 0.6 is 0 Å². The number of hydrogen-bond donors (Lipinski definition) is 2. The fraction of sp³-hybridized carbons (Fsp3) is 0.556.